The number of aryl methyl sites for hydroxylation is 1. The second-order valence-corrected chi connectivity index (χ2v) is 5.09. The molecule has 19 heavy (non-hydrogen) atoms. The summed E-state index contributed by atoms with van der Waals surface area (Å²) in [5, 5.41) is 12.2. The number of rotatable bonds is 5. The van der Waals surface area contributed by atoms with Crippen molar-refractivity contribution < 1.29 is 0 Å². The monoisotopic (exact) mass is 318 g/mol. The first-order chi connectivity index (χ1) is 9.24. The minimum absolute atomic E-state index is 0.647. The molecule has 0 aliphatic heterocycles. The van der Waals surface area contributed by atoms with Gasteiger partial charge in [0.05, 0.1) is 30.2 Å². The Morgan fingerprint density at radius 3 is 3.00 bits per heavy atom. The highest BCUT2D eigenvalue weighted by molar-refractivity contribution is 9.10. The second-order valence-electron chi connectivity index (χ2n) is 4.24. The van der Waals surface area contributed by atoms with E-state index in [1.807, 2.05) is 24.7 Å². The van der Waals surface area contributed by atoms with Crippen LogP contribution in [0.1, 0.15) is 24.6 Å². The normalized spacial score (nSPS) is 10.2. The van der Waals surface area contributed by atoms with Crippen LogP contribution in [0, 0.1) is 11.3 Å². The lowest BCUT2D eigenvalue weighted by Crippen LogP contribution is -2.07. The number of benzene rings is 1. The van der Waals surface area contributed by atoms with Crippen LogP contribution in [0.4, 0.5) is 5.69 Å². The maximum Gasteiger partial charge on any atom is 0.0992 e. The van der Waals surface area contributed by atoms with Crippen LogP contribution in [0.25, 0.3) is 0 Å². The Morgan fingerprint density at radius 1 is 1.47 bits per heavy atom. The highest BCUT2D eigenvalue weighted by atomic mass is 79.9. The predicted molar refractivity (Wildman–Crippen MR) is 78.7 cm³/mol. The Balaban J connectivity index is 2.06. The van der Waals surface area contributed by atoms with Crippen molar-refractivity contribution in [2.24, 2.45) is 0 Å². The van der Waals surface area contributed by atoms with Gasteiger partial charge in [-0.25, -0.2) is 4.98 Å². The molecule has 0 spiro atoms. The summed E-state index contributed by atoms with van der Waals surface area (Å²) >= 11 is 3.47. The SMILES string of the molecule is CCCn1cncc1CNc1ccc(C#N)cc1Br. The zero-order valence-corrected chi connectivity index (χ0v) is 12.3. The first-order valence-electron chi connectivity index (χ1n) is 6.17. The van der Waals surface area contributed by atoms with Crippen molar-refractivity contribution in [3.8, 4) is 6.07 Å². The molecule has 0 fully saturated rings. The molecule has 4 nitrogen and oxygen atoms in total. The zero-order chi connectivity index (χ0) is 13.7. The van der Waals surface area contributed by atoms with Crippen LogP contribution in [-0.4, -0.2) is 9.55 Å². The molecule has 1 aromatic heterocycles. The van der Waals surface area contributed by atoms with Gasteiger partial charge in [0.25, 0.3) is 0 Å². The molecule has 0 atom stereocenters. The van der Waals surface area contributed by atoms with Gasteiger partial charge >= 0.3 is 0 Å². The van der Waals surface area contributed by atoms with Crippen molar-refractivity contribution in [3.05, 3.63) is 46.5 Å². The number of imidazole rings is 1. The minimum Gasteiger partial charge on any atom is -0.378 e. The third kappa shape index (κ3) is 3.36. The zero-order valence-electron chi connectivity index (χ0n) is 10.7. The van der Waals surface area contributed by atoms with Crippen LogP contribution >= 0.6 is 15.9 Å². The van der Waals surface area contributed by atoms with Crippen LogP contribution in [-0.2, 0) is 13.1 Å². The van der Waals surface area contributed by atoms with E-state index in [0.29, 0.717) is 12.1 Å². The maximum atomic E-state index is 8.83. The Kier molecular flexibility index (Phi) is 4.58. The van der Waals surface area contributed by atoms with Crippen molar-refractivity contribution in [1.29, 1.82) is 5.26 Å². The molecule has 1 aromatic carbocycles. The maximum absolute atomic E-state index is 8.83. The van der Waals surface area contributed by atoms with E-state index in [1.165, 1.54) is 0 Å². The molecule has 2 rings (SSSR count). The second kappa shape index (κ2) is 6.39. The van der Waals surface area contributed by atoms with Crippen LogP contribution in [0.15, 0.2) is 35.2 Å². The standard InChI is InChI=1S/C14H15BrN4/c1-2-5-19-10-17-8-12(19)9-18-14-4-3-11(7-16)6-13(14)15/h3-4,6,8,10,18H,2,5,9H2,1H3. The number of halogens is 1. The molecule has 0 aliphatic rings. The van der Waals surface area contributed by atoms with Gasteiger partial charge in [-0.3, -0.25) is 0 Å². The molecular weight excluding hydrogens is 304 g/mol. The molecule has 1 heterocycles. The van der Waals surface area contributed by atoms with Crippen molar-refractivity contribution in [1.82, 2.24) is 9.55 Å². The summed E-state index contributed by atoms with van der Waals surface area (Å²) in [6.07, 6.45) is 4.82. The molecule has 0 saturated heterocycles. The van der Waals surface area contributed by atoms with Crippen LogP contribution in [0.3, 0.4) is 0 Å². The first kappa shape index (κ1) is 13.6. The van der Waals surface area contributed by atoms with E-state index in [4.69, 9.17) is 5.26 Å². The van der Waals surface area contributed by atoms with Crippen molar-refractivity contribution in [2.75, 3.05) is 5.32 Å². The number of aromatic nitrogens is 2. The Bertz CT molecular complexity index is 598. The van der Waals surface area contributed by atoms with Crippen LogP contribution in [0.2, 0.25) is 0 Å². The summed E-state index contributed by atoms with van der Waals surface area (Å²) in [6, 6.07) is 7.64. The quantitative estimate of drug-likeness (QED) is 0.917. The Hall–Kier alpha value is -1.80. The lowest BCUT2D eigenvalue weighted by Gasteiger charge is -2.10. The third-order valence-electron chi connectivity index (χ3n) is 2.82. The lowest BCUT2D eigenvalue weighted by molar-refractivity contribution is 0.651. The fraction of sp³-hybridized carbons (Fsp3) is 0.286. The lowest BCUT2D eigenvalue weighted by atomic mass is 10.2. The summed E-state index contributed by atoms with van der Waals surface area (Å²) in [5.74, 6) is 0. The van der Waals surface area contributed by atoms with E-state index in [-0.39, 0.29) is 0 Å². The number of hydrogen-bond donors (Lipinski definition) is 1. The smallest absolute Gasteiger partial charge is 0.0992 e. The summed E-state index contributed by atoms with van der Waals surface area (Å²) in [6.45, 7) is 3.84. The molecule has 0 bridgehead atoms. The Labute approximate surface area is 121 Å². The largest absolute Gasteiger partial charge is 0.378 e. The van der Waals surface area contributed by atoms with Gasteiger partial charge in [-0.15, -0.1) is 0 Å². The Morgan fingerprint density at radius 2 is 2.32 bits per heavy atom. The molecule has 98 valence electrons. The van der Waals surface area contributed by atoms with Crippen molar-refractivity contribution >= 4 is 21.6 Å². The van der Waals surface area contributed by atoms with Gasteiger partial charge in [-0.1, -0.05) is 6.92 Å². The molecule has 2 aromatic rings. The first-order valence-corrected chi connectivity index (χ1v) is 6.96. The average Bonchev–Trinajstić information content (AvgIpc) is 2.85. The van der Waals surface area contributed by atoms with Crippen molar-refractivity contribution in [2.45, 2.75) is 26.4 Å². The molecule has 0 saturated carbocycles. The van der Waals surface area contributed by atoms with Gasteiger partial charge < -0.3 is 9.88 Å². The molecule has 1 N–H and O–H groups in total. The van der Waals surface area contributed by atoms with Gasteiger partial charge in [0.2, 0.25) is 0 Å². The minimum atomic E-state index is 0.647. The number of hydrogen-bond acceptors (Lipinski definition) is 3. The van der Waals surface area contributed by atoms with E-state index < -0.39 is 0 Å². The number of nitriles is 1. The van der Waals surface area contributed by atoms with Gasteiger partial charge in [-0.05, 0) is 40.5 Å². The summed E-state index contributed by atoms with van der Waals surface area (Å²) < 4.78 is 3.04. The number of anilines is 1. The molecule has 0 unspecified atom stereocenters. The summed E-state index contributed by atoms with van der Waals surface area (Å²) in [4.78, 5) is 4.17. The fourth-order valence-corrected chi connectivity index (χ4v) is 2.37. The molecule has 0 aliphatic carbocycles. The number of nitrogens with one attached hydrogen (secondary N) is 1. The van der Waals surface area contributed by atoms with E-state index in [0.717, 1.165) is 28.8 Å². The predicted octanol–water partition coefficient (Wildman–Crippen LogP) is 3.54. The van der Waals surface area contributed by atoms with Gasteiger partial charge in [0, 0.05) is 22.9 Å². The average molecular weight is 319 g/mol. The third-order valence-corrected chi connectivity index (χ3v) is 3.48. The van der Waals surface area contributed by atoms with E-state index >= 15 is 0 Å². The highest BCUT2D eigenvalue weighted by Crippen LogP contribution is 2.23. The van der Waals surface area contributed by atoms with E-state index in [1.54, 1.807) is 6.07 Å². The van der Waals surface area contributed by atoms with Crippen LogP contribution < -0.4 is 5.32 Å². The topological polar surface area (TPSA) is 53.6 Å². The highest BCUT2D eigenvalue weighted by Gasteiger charge is 2.04. The summed E-state index contributed by atoms with van der Waals surface area (Å²) in [5.41, 5.74) is 2.77. The van der Waals surface area contributed by atoms with E-state index in [2.05, 4.69) is 43.8 Å². The van der Waals surface area contributed by atoms with Crippen molar-refractivity contribution in [3.63, 3.8) is 0 Å². The number of nitrogens with zero attached hydrogens (tertiary/aromatic N) is 3. The fourth-order valence-electron chi connectivity index (χ4n) is 1.85. The summed E-state index contributed by atoms with van der Waals surface area (Å²) in [7, 11) is 0. The molecule has 0 amide bonds. The molecule has 0 radical (unpaired) electrons. The van der Waals surface area contributed by atoms with Gasteiger partial charge in [0.15, 0.2) is 0 Å². The van der Waals surface area contributed by atoms with Crippen LogP contribution in [0.5, 0.6) is 0 Å². The van der Waals surface area contributed by atoms with Gasteiger partial charge in [0.1, 0.15) is 0 Å². The molecular formula is C14H15BrN4. The van der Waals surface area contributed by atoms with Gasteiger partial charge in [-0.2, -0.15) is 5.26 Å². The van der Waals surface area contributed by atoms with E-state index in [9.17, 15) is 0 Å². The molecule has 5 heteroatoms.